The molecule has 1 aliphatic heterocycles. The van der Waals surface area contributed by atoms with E-state index in [1.807, 2.05) is 22.6 Å². The number of aromatic nitrogens is 4. The summed E-state index contributed by atoms with van der Waals surface area (Å²) in [4.78, 5) is 7.06. The molecule has 1 aliphatic rings. The molecule has 1 aromatic carbocycles. The van der Waals surface area contributed by atoms with E-state index in [0.717, 1.165) is 53.2 Å². The molecule has 0 saturated carbocycles. The van der Waals surface area contributed by atoms with Gasteiger partial charge in [0.25, 0.3) is 0 Å². The van der Waals surface area contributed by atoms with Gasteiger partial charge in [0.05, 0.1) is 11.0 Å². The predicted molar refractivity (Wildman–Crippen MR) is 81.1 cm³/mol. The molecular formula is C13H13BrN6. The number of anilines is 1. The van der Waals surface area contributed by atoms with Crippen LogP contribution in [0.5, 0.6) is 0 Å². The van der Waals surface area contributed by atoms with Crippen molar-refractivity contribution < 1.29 is 0 Å². The summed E-state index contributed by atoms with van der Waals surface area (Å²) in [6.07, 6.45) is 1.75. The normalized spacial score (nSPS) is 16.1. The molecular weight excluding hydrogens is 320 g/mol. The highest BCUT2D eigenvalue weighted by Crippen LogP contribution is 2.25. The summed E-state index contributed by atoms with van der Waals surface area (Å²) < 4.78 is 3.03. The summed E-state index contributed by atoms with van der Waals surface area (Å²) >= 11 is 3.50. The average molecular weight is 333 g/mol. The Labute approximate surface area is 123 Å². The monoisotopic (exact) mass is 332 g/mol. The van der Waals surface area contributed by atoms with Gasteiger partial charge in [-0.05, 0) is 18.2 Å². The molecule has 0 atom stereocenters. The largest absolute Gasteiger partial charge is 0.351 e. The molecule has 1 fully saturated rings. The zero-order chi connectivity index (χ0) is 13.5. The highest BCUT2D eigenvalue weighted by molar-refractivity contribution is 9.10. The lowest BCUT2D eigenvalue weighted by Crippen LogP contribution is -2.44. The quantitative estimate of drug-likeness (QED) is 0.730. The van der Waals surface area contributed by atoms with Crippen LogP contribution in [0.25, 0.3) is 16.7 Å². The minimum atomic E-state index is 0.817. The van der Waals surface area contributed by atoms with Gasteiger partial charge in [-0.3, -0.25) is 4.40 Å². The number of piperazine rings is 1. The van der Waals surface area contributed by atoms with E-state index >= 15 is 0 Å². The molecule has 1 N–H and O–H groups in total. The first-order chi connectivity index (χ1) is 9.83. The Morgan fingerprint density at radius 2 is 2.05 bits per heavy atom. The van der Waals surface area contributed by atoms with Crippen molar-refractivity contribution in [3.8, 4) is 0 Å². The lowest BCUT2D eigenvalue weighted by Gasteiger charge is -2.28. The molecule has 7 heteroatoms. The summed E-state index contributed by atoms with van der Waals surface area (Å²) in [7, 11) is 0. The topological polar surface area (TPSA) is 58.4 Å². The Kier molecular flexibility index (Phi) is 2.82. The van der Waals surface area contributed by atoms with E-state index in [1.54, 1.807) is 6.33 Å². The molecule has 0 amide bonds. The van der Waals surface area contributed by atoms with Crippen molar-refractivity contribution in [3.05, 3.63) is 29.0 Å². The molecule has 102 valence electrons. The molecule has 2 aromatic heterocycles. The molecule has 0 aliphatic carbocycles. The standard InChI is InChI=1S/C13H13BrN6/c14-9-1-2-10-11(7-9)20-8-16-18-13(20)12(17-10)19-5-3-15-4-6-19/h1-2,7-8,15H,3-6H2. The van der Waals surface area contributed by atoms with E-state index in [4.69, 9.17) is 4.98 Å². The second-order valence-corrected chi connectivity index (χ2v) is 5.75. The number of halogens is 1. The van der Waals surface area contributed by atoms with Gasteiger partial charge in [0.15, 0.2) is 5.82 Å². The SMILES string of the molecule is Brc1ccc2nc(N3CCNCC3)c3nncn3c2c1. The number of nitrogens with one attached hydrogen (secondary N) is 1. The van der Waals surface area contributed by atoms with Gasteiger partial charge in [0.1, 0.15) is 6.33 Å². The minimum Gasteiger partial charge on any atom is -0.351 e. The van der Waals surface area contributed by atoms with Crippen molar-refractivity contribution in [2.45, 2.75) is 0 Å². The third-order valence-electron chi connectivity index (χ3n) is 3.59. The number of hydrogen-bond acceptors (Lipinski definition) is 5. The Morgan fingerprint density at radius 3 is 2.90 bits per heavy atom. The van der Waals surface area contributed by atoms with Gasteiger partial charge in [-0.15, -0.1) is 10.2 Å². The van der Waals surface area contributed by atoms with E-state index in [9.17, 15) is 0 Å². The average Bonchev–Trinajstić information content (AvgIpc) is 2.97. The van der Waals surface area contributed by atoms with Crippen LogP contribution in [0.15, 0.2) is 29.0 Å². The van der Waals surface area contributed by atoms with Crippen molar-refractivity contribution in [1.82, 2.24) is 24.9 Å². The summed E-state index contributed by atoms with van der Waals surface area (Å²) in [5.74, 6) is 0.916. The van der Waals surface area contributed by atoms with Crippen LogP contribution in [0.1, 0.15) is 0 Å². The van der Waals surface area contributed by atoms with E-state index in [1.165, 1.54) is 0 Å². The maximum atomic E-state index is 4.79. The van der Waals surface area contributed by atoms with Crippen LogP contribution in [-0.2, 0) is 0 Å². The first-order valence-corrected chi connectivity index (χ1v) is 7.37. The van der Waals surface area contributed by atoms with Crippen LogP contribution in [0.3, 0.4) is 0 Å². The van der Waals surface area contributed by atoms with Gasteiger partial charge in [0.2, 0.25) is 5.65 Å². The van der Waals surface area contributed by atoms with Crippen LogP contribution in [-0.4, -0.2) is 45.8 Å². The first kappa shape index (κ1) is 12.0. The maximum Gasteiger partial charge on any atom is 0.204 e. The van der Waals surface area contributed by atoms with Crippen molar-refractivity contribution in [2.75, 3.05) is 31.1 Å². The van der Waals surface area contributed by atoms with Gasteiger partial charge in [0, 0.05) is 30.7 Å². The van der Waals surface area contributed by atoms with Crippen LogP contribution < -0.4 is 10.2 Å². The summed E-state index contributed by atoms with van der Waals surface area (Å²) in [5.41, 5.74) is 2.78. The van der Waals surface area contributed by atoms with Crippen molar-refractivity contribution >= 4 is 38.4 Å². The number of fused-ring (bicyclic) bond motifs is 3. The third-order valence-corrected chi connectivity index (χ3v) is 4.08. The van der Waals surface area contributed by atoms with Crippen LogP contribution in [0, 0.1) is 0 Å². The van der Waals surface area contributed by atoms with E-state index in [2.05, 4.69) is 36.3 Å². The first-order valence-electron chi connectivity index (χ1n) is 6.57. The minimum absolute atomic E-state index is 0.817. The number of rotatable bonds is 1. The molecule has 3 aromatic rings. The smallest absolute Gasteiger partial charge is 0.204 e. The van der Waals surface area contributed by atoms with E-state index in [0.29, 0.717) is 0 Å². The molecule has 0 spiro atoms. The molecule has 0 unspecified atom stereocenters. The highest BCUT2D eigenvalue weighted by Gasteiger charge is 2.18. The molecule has 0 radical (unpaired) electrons. The predicted octanol–water partition coefficient (Wildman–Crippen LogP) is 1.45. The second kappa shape index (κ2) is 4.68. The molecule has 0 bridgehead atoms. The Bertz CT molecular complexity index is 777. The van der Waals surface area contributed by atoms with Gasteiger partial charge >= 0.3 is 0 Å². The van der Waals surface area contributed by atoms with Gasteiger partial charge < -0.3 is 10.2 Å². The third kappa shape index (κ3) is 1.85. The van der Waals surface area contributed by atoms with Gasteiger partial charge in [-0.2, -0.15) is 0 Å². The fourth-order valence-corrected chi connectivity index (χ4v) is 2.95. The fourth-order valence-electron chi connectivity index (χ4n) is 2.60. The summed E-state index contributed by atoms with van der Waals surface area (Å²) in [6, 6.07) is 6.07. The van der Waals surface area contributed by atoms with Crippen LogP contribution in [0.4, 0.5) is 5.82 Å². The molecule has 1 saturated heterocycles. The van der Waals surface area contributed by atoms with Crippen LogP contribution in [0.2, 0.25) is 0 Å². The number of hydrogen-bond donors (Lipinski definition) is 1. The van der Waals surface area contributed by atoms with Gasteiger partial charge in [-0.1, -0.05) is 15.9 Å². The molecule has 4 rings (SSSR count). The molecule has 20 heavy (non-hydrogen) atoms. The zero-order valence-corrected chi connectivity index (χ0v) is 12.3. The number of benzene rings is 1. The van der Waals surface area contributed by atoms with Crippen LogP contribution >= 0.6 is 15.9 Å². The highest BCUT2D eigenvalue weighted by atomic mass is 79.9. The number of nitrogens with zero attached hydrogens (tertiary/aromatic N) is 5. The van der Waals surface area contributed by atoms with Crippen molar-refractivity contribution in [1.29, 1.82) is 0 Å². The zero-order valence-electron chi connectivity index (χ0n) is 10.8. The Morgan fingerprint density at radius 1 is 1.20 bits per heavy atom. The van der Waals surface area contributed by atoms with E-state index in [-0.39, 0.29) is 0 Å². The Balaban J connectivity index is 1.99. The molecule has 3 heterocycles. The second-order valence-electron chi connectivity index (χ2n) is 4.83. The summed E-state index contributed by atoms with van der Waals surface area (Å²) in [6.45, 7) is 3.83. The molecule has 6 nitrogen and oxygen atoms in total. The van der Waals surface area contributed by atoms with E-state index < -0.39 is 0 Å². The van der Waals surface area contributed by atoms with Crippen molar-refractivity contribution in [3.63, 3.8) is 0 Å². The Hall–Kier alpha value is -1.73. The van der Waals surface area contributed by atoms with Crippen molar-refractivity contribution in [2.24, 2.45) is 0 Å². The van der Waals surface area contributed by atoms with Gasteiger partial charge in [-0.25, -0.2) is 4.98 Å². The lowest BCUT2D eigenvalue weighted by atomic mass is 10.3. The fraction of sp³-hybridized carbons (Fsp3) is 0.308. The lowest BCUT2D eigenvalue weighted by molar-refractivity contribution is 0.586. The summed E-state index contributed by atoms with van der Waals surface area (Å²) in [5, 5.41) is 11.7. The maximum absolute atomic E-state index is 4.79.